The van der Waals surface area contributed by atoms with E-state index in [-0.39, 0.29) is 11.6 Å². The number of aromatic nitrogens is 1. The zero-order valence-electron chi connectivity index (χ0n) is 10.4. The van der Waals surface area contributed by atoms with Crippen molar-refractivity contribution in [3.05, 3.63) is 28.1 Å². The van der Waals surface area contributed by atoms with Crippen molar-refractivity contribution < 1.29 is 9.72 Å². The van der Waals surface area contributed by atoms with Gasteiger partial charge in [0.2, 0.25) is 5.91 Å². The summed E-state index contributed by atoms with van der Waals surface area (Å²) in [6, 6.07) is 1.39. The van der Waals surface area contributed by atoms with Gasteiger partial charge in [-0.05, 0) is 6.42 Å². The monoisotopic (exact) mass is 252 g/mol. The zero-order chi connectivity index (χ0) is 13.5. The highest BCUT2D eigenvalue weighted by molar-refractivity contribution is 5.81. The Morgan fingerprint density at radius 2 is 2.39 bits per heavy atom. The van der Waals surface area contributed by atoms with Crippen molar-refractivity contribution >= 4 is 17.8 Å². The highest BCUT2D eigenvalue weighted by atomic mass is 16.6. The van der Waals surface area contributed by atoms with Crippen molar-refractivity contribution in [2.75, 3.05) is 0 Å². The summed E-state index contributed by atoms with van der Waals surface area (Å²) in [5.74, 6) is -0.156. The second-order valence-electron chi connectivity index (χ2n) is 3.89. The van der Waals surface area contributed by atoms with Crippen molar-refractivity contribution in [2.24, 2.45) is 12.1 Å². The molecule has 0 radical (unpaired) electrons. The van der Waals surface area contributed by atoms with E-state index in [0.717, 1.165) is 12.8 Å². The number of hydrogen-bond acceptors (Lipinski definition) is 4. The lowest BCUT2D eigenvalue weighted by molar-refractivity contribution is -0.384. The summed E-state index contributed by atoms with van der Waals surface area (Å²) in [6.45, 7) is 2.00. The Hall–Kier alpha value is -2.18. The number of rotatable bonds is 6. The van der Waals surface area contributed by atoms with Gasteiger partial charge in [0.15, 0.2) is 0 Å². The number of amides is 1. The molecule has 1 aromatic rings. The molecular weight excluding hydrogens is 236 g/mol. The minimum atomic E-state index is -0.475. The van der Waals surface area contributed by atoms with Crippen molar-refractivity contribution in [3.63, 3.8) is 0 Å². The lowest BCUT2D eigenvalue weighted by Crippen LogP contribution is -2.17. The van der Waals surface area contributed by atoms with Crippen molar-refractivity contribution in [1.29, 1.82) is 0 Å². The maximum absolute atomic E-state index is 11.3. The van der Waals surface area contributed by atoms with Gasteiger partial charge in [0.25, 0.3) is 5.69 Å². The number of hydrazone groups is 1. The normalized spacial score (nSPS) is 10.8. The van der Waals surface area contributed by atoms with Crippen LogP contribution in [-0.2, 0) is 11.8 Å². The molecule has 0 spiro atoms. The third kappa shape index (κ3) is 4.00. The average Bonchev–Trinajstić information content (AvgIpc) is 2.69. The molecule has 0 fully saturated rings. The second kappa shape index (κ2) is 6.53. The number of aryl methyl sites for hydroxylation is 1. The smallest absolute Gasteiger partial charge is 0.287 e. The molecule has 0 bridgehead atoms. The van der Waals surface area contributed by atoms with E-state index in [4.69, 9.17) is 0 Å². The van der Waals surface area contributed by atoms with Gasteiger partial charge in [-0.25, -0.2) is 5.43 Å². The molecule has 0 aliphatic carbocycles. The molecule has 0 aromatic carbocycles. The van der Waals surface area contributed by atoms with Crippen LogP contribution in [-0.4, -0.2) is 21.6 Å². The molecule has 0 aliphatic rings. The Balaban J connectivity index is 2.56. The fourth-order valence-corrected chi connectivity index (χ4v) is 1.36. The molecule has 1 amide bonds. The van der Waals surface area contributed by atoms with Crippen molar-refractivity contribution in [1.82, 2.24) is 9.99 Å². The number of nitrogens with one attached hydrogen (secondary N) is 1. The summed E-state index contributed by atoms with van der Waals surface area (Å²) >= 11 is 0. The van der Waals surface area contributed by atoms with E-state index >= 15 is 0 Å². The van der Waals surface area contributed by atoms with Crippen LogP contribution >= 0.6 is 0 Å². The number of nitro groups is 1. The largest absolute Gasteiger partial charge is 0.344 e. The molecule has 1 heterocycles. The van der Waals surface area contributed by atoms with E-state index in [1.165, 1.54) is 18.5 Å². The molecule has 0 unspecified atom stereocenters. The molecule has 7 heteroatoms. The van der Waals surface area contributed by atoms with Crippen LogP contribution in [0.3, 0.4) is 0 Å². The minimum absolute atomic E-state index is 0.00346. The van der Waals surface area contributed by atoms with Crippen LogP contribution in [0.2, 0.25) is 0 Å². The number of carbonyl (C=O) groups is 1. The van der Waals surface area contributed by atoms with Crippen LogP contribution in [0, 0.1) is 10.1 Å². The number of carbonyl (C=O) groups excluding carboxylic acids is 1. The maximum Gasteiger partial charge on any atom is 0.287 e. The summed E-state index contributed by atoms with van der Waals surface area (Å²) < 4.78 is 1.57. The minimum Gasteiger partial charge on any atom is -0.344 e. The zero-order valence-corrected chi connectivity index (χ0v) is 10.4. The van der Waals surface area contributed by atoms with Gasteiger partial charge in [0.1, 0.15) is 0 Å². The first-order valence-corrected chi connectivity index (χ1v) is 5.67. The summed E-state index contributed by atoms with van der Waals surface area (Å²) in [7, 11) is 1.67. The van der Waals surface area contributed by atoms with Crippen LogP contribution in [0.1, 0.15) is 31.9 Å². The Bertz CT molecular complexity index is 465. The fourth-order valence-electron chi connectivity index (χ4n) is 1.36. The summed E-state index contributed by atoms with van der Waals surface area (Å²) in [5, 5.41) is 14.3. The van der Waals surface area contributed by atoms with E-state index in [2.05, 4.69) is 10.5 Å². The molecule has 0 saturated heterocycles. The van der Waals surface area contributed by atoms with E-state index in [0.29, 0.717) is 12.1 Å². The molecule has 0 atom stereocenters. The first-order valence-electron chi connectivity index (χ1n) is 5.67. The first kappa shape index (κ1) is 13.9. The van der Waals surface area contributed by atoms with Crippen LogP contribution in [0.5, 0.6) is 0 Å². The molecule has 98 valence electrons. The molecule has 0 aliphatic heterocycles. The Labute approximate surface area is 105 Å². The van der Waals surface area contributed by atoms with Crippen molar-refractivity contribution in [2.45, 2.75) is 26.2 Å². The molecule has 7 nitrogen and oxygen atoms in total. The Morgan fingerprint density at radius 3 is 2.94 bits per heavy atom. The highest BCUT2D eigenvalue weighted by Crippen LogP contribution is 2.13. The molecule has 1 N–H and O–H groups in total. The fraction of sp³-hybridized carbons (Fsp3) is 0.455. The van der Waals surface area contributed by atoms with Gasteiger partial charge in [-0.2, -0.15) is 5.10 Å². The van der Waals surface area contributed by atoms with Gasteiger partial charge in [-0.15, -0.1) is 0 Å². The highest BCUT2D eigenvalue weighted by Gasteiger charge is 2.10. The van der Waals surface area contributed by atoms with Crippen LogP contribution in [0.4, 0.5) is 5.69 Å². The molecule has 1 rings (SSSR count). The van der Waals surface area contributed by atoms with E-state index in [1.807, 2.05) is 6.92 Å². The van der Waals surface area contributed by atoms with Gasteiger partial charge < -0.3 is 4.57 Å². The average molecular weight is 252 g/mol. The topological polar surface area (TPSA) is 89.5 Å². The van der Waals surface area contributed by atoms with Crippen LogP contribution in [0.25, 0.3) is 0 Å². The van der Waals surface area contributed by atoms with Gasteiger partial charge in [0, 0.05) is 19.5 Å². The predicted molar refractivity (Wildman–Crippen MR) is 67.3 cm³/mol. The maximum atomic E-state index is 11.3. The quantitative estimate of drug-likeness (QED) is 0.473. The van der Waals surface area contributed by atoms with Crippen LogP contribution in [0.15, 0.2) is 17.4 Å². The molecule has 0 saturated carbocycles. The predicted octanol–water partition coefficient (Wildman–Crippen LogP) is 1.57. The molecular formula is C11H16N4O3. The van der Waals surface area contributed by atoms with Crippen molar-refractivity contribution in [3.8, 4) is 0 Å². The first-order chi connectivity index (χ1) is 8.54. The number of unbranched alkanes of at least 4 members (excludes halogenated alkanes) is 1. The third-order valence-electron chi connectivity index (χ3n) is 2.38. The third-order valence-corrected chi connectivity index (χ3v) is 2.38. The SMILES string of the molecule is CCCCC(=O)NN=Cc1cc([N+](=O)[O-])cn1C. The van der Waals surface area contributed by atoms with Gasteiger partial charge in [-0.3, -0.25) is 14.9 Å². The van der Waals surface area contributed by atoms with E-state index < -0.39 is 4.92 Å². The van der Waals surface area contributed by atoms with Gasteiger partial charge in [-0.1, -0.05) is 13.3 Å². The number of nitrogens with zero attached hydrogens (tertiary/aromatic N) is 3. The van der Waals surface area contributed by atoms with Gasteiger partial charge >= 0.3 is 0 Å². The molecule has 18 heavy (non-hydrogen) atoms. The molecule has 1 aromatic heterocycles. The summed E-state index contributed by atoms with van der Waals surface area (Å²) in [6.07, 6.45) is 4.97. The lowest BCUT2D eigenvalue weighted by Gasteiger charge is -1.97. The second-order valence-corrected chi connectivity index (χ2v) is 3.89. The van der Waals surface area contributed by atoms with Crippen LogP contribution < -0.4 is 5.43 Å². The summed E-state index contributed by atoms with van der Waals surface area (Å²) in [4.78, 5) is 21.3. The number of hydrogen-bond donors (Lipinski definition) is 1. The lowest BCUT2D eigenvalue weighted by atomic mass is 10.2. The van der Waals surface area contributed by atoms with E-state index in [9.17, 15) is 14.9 Å². The Morgan fingerprint density at radius 1 is 1.67 bits per heavy atom. The Kier molecular flexibility index (Phi) is 5.04. The van der Waals surface area contributed by atoms with Gasteiger partial charge in [0.05, 0.1) is 23.0 Å². The van der Waals surface area contributed by atoms with E-state index in [1.54, 1.807) is 11.6 Å². The standard InChI is InChI=1S/C11H16N4O3/c1-3-4-5-11(16)13-12-7-9-6-10(15(17)18)8-14(9)2/h6-8H,3-5H2,1-2H3,(H,13,16). The summed E-state index contributed by atoms with van der Waals surface area (Å²) in [5.41, 5.74) is 2.93.